The van der Waals surface area contributed by atoms with E-state index in [4.69, 9.17) is 5.11 Å². The second kappa shape index (κ2) is 4.59. The molecular weight excluding hydrogens is 256 g/mol. The predicted octanol–water partition coefficient (Wildman–Crippen LogP) is 1.76. The Kier molecular flexibility index (Phi) is 4.31. The molecule has 0 aromatic heterocycles. The Bertz CT molecular complexity index is 242. The van der Waals surface area contributed by atoms with E-state index in [1.165, 1.54) is 6.92 Å². The monoisotopic (exact) mass is 268 g/mol. The molecule has 0 aliphatic rings. The summed E-state index contributed by atoms with van der Waals surface area (Å²) < 4.78 is -1.43. The van der Waals surface area contributed by atoms with Crippen molar-refractivity contribution in [2.45, 2.75) is 31.3 Å². The maximum Gasteiger partial charge on any atom is 0.407 e. The lowest BCUT2D eigenvalue weighted by Crippen LogP contribution is -2.47. The quantitative estimate of drug-likeness (QED) is 0.365. The number of carbonyl (C=O) groups is 1. The summed E-state index contributed by atoms with van der Waals surface area (Å²) in [5, 5.41) is 19.3. The number of hydrogen-bond donors (Lipinski definition) is 1. The lowest BCUT2D eigenvalue weighted by Gasteiger charge is -2.26. The summed E-state index contributed by atoms with van der Waals surface area (Å²) in [6.45, 7) is 4.46. The smallest absolute Gasteiger partial charge is 0.407 e. The summed E-state index contributed by atoms with van der Waals surface area (Å²) in [5.41, 5.74) is 0. The van der Waals surface area contributed by atoms with Crippen molar-refractivity contribution >= 4 is 22.0 Å². The molecule has 0 spiro atoms. The number of rotatable bonds is 4. The van der Waals surface area contributed by atoms with Crippen LogP contribution in [-0.4, -0.2) is 38.1 Å². The second-order valence-electron chi connectivity index (χ2n) is 3.40. The van der Waals surface area contributed by atoms with Crippen LogP contribution in [0, 0.1) is 10.1 Å². The molecule has 7 heteroatoms. The van der Waals surface area contributed by atoms with Crippen molar-refractivity contribution in [1.82, 2.24) is 4.90 Å². The minimum absolute atomic E-state index is 0.188. The summed E-state index contributed by atoms with van der Waals surface area (Å²) in [6.07, 6.45) is -1.16. The average Bonchev–Trinajstić information content (AvgIpc) is 1.98. The van der Waals surface area contributed by atoms with Gasteiger partial charge in [-0.2, -0.15) is 0 Å². The van der Waals surface area contributed by atoms with E-state index in [0.29, 0.717) is 0 Å². The number of alkyl halides is 1. The first-order chi connectivity index (χ1) is 6.18. The molecule has 0 aliphatic heterocycles. The number of nitro groups is 1. The molecule has 1 unspecified atom stereocenters. The van der Waals surface area contributed by atoms with Crippen molar-refractivity contribution in [3.8, 4) is 0 Å². The molecule has 0 aliphatic carbocycles. The van der Waals surface area contributed by atoms with E-state index in [1.54, 1.807) is 13.8 Å². The molecule has 14 heavy (non-hydrogen) atoms. The van der Waals surface area contributed by atoms with Crippen molar-refractivity contribution in [3.63, 3.8) is 0 Å². The van der Waals surface area contributed by atoms with Crippen molar-refractivity contribution in [2.75, 3.05) is 6.54 Å². The minimum atomic E-state index is -1.43. The Morgan fingerprint density at radius 3 is 2.36 bits per heavy atom. The first-order valence-electron chi connectivity index (χ1n) is 4.01. The van der Waals surface area contributed by atoms with E-state index in [2.05, 4.69) is 15.9 Å². The van der Waals surface area contributed by atoms with Gasteiger partial charge in [-0.05, 0) is 13.8 Å². The third-order valence-electron chi connectivity index (χ3n) is 1.71. The van der Waals surface area contributed by atoms with Gasteiger partial charge in [0.2, 0.25) is 0 Å². The SMILES string of the molecule is CC(C)N(CC(C)(Br)[N+](=O)[O-])C(=O)O. The molecule has 0 saturated carbocycles. The van der Waals surface area contributed by atoms with Crippen molar-refractivity contribution in [1.29, 1.82) is 0 Å². The van der Waals surface area contributed by atoms with Gasteiger partial charge in [0.15, 0.2) is 0 Å². The Balaban J connectivity index is 4.61. The van der Waals surface area contributed by atoms with E-state index in [-0.39, 0.29) is 12.6 Å². The Morgan fingerprint density at radius 1 is 1.71 bits per heavy atom. The van der Waals surface area contributed by atoms with Crippen LogP contribution in [0.5, 0.6) is 0 Å². The van der Waals surface area contributed by atoms with Gasteiger partial charge >= 0.3 is 6.09 Å². The fourth-order valence-electron chi connectivity index (χ4n) is 0.840. The molecule has 0 fully saturated rings. The normalized spacial score (nSPS) is 14.9. The summed E-state index contributed by atoms with van der Waals surface area (Å²) in [5.74, 6) is 0. The topological polar surface area (TPSA) is 83.7 Å². The van der Waals surface area contributed by atoms with Gasteiger partial charge < -0.3 is 5.11 Å². The van der Waals surface area contributed by atoms with E-state index in [1.807, 2.05) is 0 Å². The molecule has 0 bridgehead atoms. The van der Waals surface area contributed by atoms with E-state index < -0.39 is 15.5 Å². The fourth-order valence-corrected chi connectivity index (χ4v) is 1.11. The zero-order chi connectivity index (χ0) is 11.5. The van der Waals surface area contributed by atoms with Gasteiger partial charge in [0.25, 0.3) is 4.45 Å². The van der Waals surface area contributed by atoms with Crippen LogP contribution in [0.15, 0.2) is 0 Å². The van der Waals surface area contributed by atoms with Crippen LogP contribution in [0.2, 0.25) is 0 Å². The maximum absolute atomic E-state index is 10.7. The summed E-state index contributed by atoms with van der Waals surface area (Å²) in [6, 6.07) is -0.288. The van der Waals surface area contributed by atoms with Gasteiger partial charge in [-0.15, -0.1) is 0 Å². The predicted molar refractivity (Wildman–Crippen MR) is 54.2 cm³/mol. The van der Waals surface area contributed by atoms with Crippen LogP contribution in [0.1, 0.15) is 20.8 Å². The van der Waals surface area contributed by atoms with Crippen LogP contribution >= 0.6 is 15.9 Å². The summed E-state index contributed by atoms with van der Waals surface area (Å²) >= 11 is 2.88. The van der Waals surface area contributed by atoms with Crippen molar-refractivity contribution < 1.29 is 14.8 Å². The van der Waals surface area contributed by atoms with Gasteiger partial charge in [-0.3, -0.25) is 15.0 Å². The van der Waals surface area contributed by atoms with E-state index in [0.717, 1.165) is 4.90 Å². The molecular formula is C7H13BrN2O4. The third-order valence-corrected chi connectivity index (χ3v) is 2.25. The van der Waals surface area contributed by atoms with Crippen molar-refractivity contribution in [3.05, 3.63) is 10.1 Å². The van der Waals surface area contributed by atoms with Gasteiger partial charge in [0.05, 0.1) is 0 Å². The van der Waals surface area contributed by atoms with Gasteiger partial charge in [-0.1, -0.05) is 0 Å². The maximum atomic E-state index is 10.7. The van der Waals surface area contributed by atoms with Gasteiger partial charge in [0, 0.05) is 33.8 Å². The number of carboxylic acid groups (broad SMARTS) is 1. The molecule has 1 atom stereocenters. The van der Waals surface area contributed by atoms with Crippen LogP contribution in [0.25, 0.3) is 0 Å². The summed E-state index contributed by atoms with van der Waals surface area (Å²) in [4.78, 5) is 21.7. The van der Waals surface area contributed by atoms with E-state index >= 15 is 0 Å². The fraction of sp³-hybridized carbons (Fsp3) is 0.857. The Morgan fingerprint density at radius 2 is 2.14 bits per heavy atom. The van der Waals surface area contributed by atoms with Gasteiger partial charge in [0.1, 0.15) is 6.54 Å². The van der Waals surface area contributed by atoms with Crippen molar-refractivity contribution in [2.24, 2.45) is 0 Å². The molecule has 1 amide bonds. The molecule has 0 heterocycles. The average molecular weight is 269 g/mol. The van der Waals surface area contributed by atoms with E-state index in [9.17, 15) is 14.9 Å². The molecule has 0 radical (unpaired) electrons. The molecule has 0 aromatic carbocycles. The first kappa shape index (κ1) is 13.2. The number of amides is 1. The molecule has 0 aromatic rings. The zero-order valence-corrected chi connectivity index (χ0v) is 9.81. The molecule has 6 nitrogen and oxygen atoms in total. The number of halogens is 1. The third kappa shape index (κ3) is 3.49. The standard InChI is InChI=1S/C7H13BrN2O4/c1-5(2)9(6(11)12)4-7(3,8)10(13)14/h5H,4H2,1-3H3,(H,11,12). The van der Waals surface area contributed by atoms with Crippen LogP contribution in [0.4, 0.5) is 4.79 Å². The highest BCUT2D eigenvalue weighted by molar-refractivity contribution is 9.10. The largest absolute Gasteiger partial charge is 0.465 e. The number of hydrogen-bond acceptors (Lipinski definition) is 3. The molecule has 0 rings (SSSR count). The lowest BCUT2D eigenvalue weighted by molar-refractivity contribution is -0.531. The molecule has 82 valence electrons. The van der Waals surface area contributed by atoms with Crippen LogP contribution in [-0.2, 0) is 0 Å². The first-order valence-corrected chi connectivity index (χ1v) is 4.80. The summed E-state index contributed by atoms with van der Waals surface area (Å²) in [7, 11) is 0. The second-order valence-corrected chi connectivity index (χ2v) is 5.11. The zero-order valence-electron chi connectivity index (χ0n) is 8.23. The molecule has 1 N–H and O–H groups in total. The van der Waals surface area contributed by atoms with Crippen LogP contribution in [0.3, 0.4) is 0 Å². The minimum Gasteiger partial charge on any atom is -0.465 e. The molecule has 0 saturated heterocycles. The van der Waals surface area contributed by atoms with Gasteiger partial charge in [-0.25, -0.2) is 4.79 Å². The highest BCUT2D eigenvalue weighted by atomic mass is 79.9. The Labute approximate surface area is 90.2 Å². The Hall–Kier alpha value is -0.850. The van der Waals surface area contributed by atoms with Crippen LogP contribution < -0.4 is 0 Å². The highest BCUT2D eigenvalue weighted by Gasteiger charge is 2.38. The number of nitrogens with zero attached hydrogens (tertiary/aromatic N) is 2. The lowest BCUT2D eigenvalue weighted by atomic mass is 10.2. The highest BCUT2D eigenvalue weighted by Crippen LogP contribution is 2.20.